The van der Waals surface area contributed by atoms with E-state index in [4.69, 9.17) is 5.10 Å². The van der Waals surface area contributed by atoms with Gasteiger partial charge in [-0.1, -0.05) is 6.92 Å². The first-order chi connectivity index (χ1) is 15.5. The fourth-order valence-electron chi connectivity index (χ4n) is 5.87. The lowest BCUT2D eigenvalue weighted by atomic mass is 9.69. The number of aryl methyl sites for hydroxylation is 2. The maximum atomic E-state index is 15.1. The molecule has 1 saturated carbocycles. The minimum absolute atomic E-state index is 0.290. The zero-order valence-electron chi connectivity index (χ0n) is 19.0. The van der Waals surface area contributed by atoms with Gasteiger partial charge < -0.3 is 0 Å². The molecule has 1 spiro atoms. The van der Waals surface area contributed by atoms with Crippen molar-refractivity contribution in [1.82, 2.24) is 29.3 Å². The molecule has 0 N–H and O–H groups in total. The largest absolute Gasteiger partial charge is 0.298 e. The molecule has 2 aliphatic rings. The summed E-state index contributed by atoms with van der Waals surface area (Å²) in [5, 5.41) is 10.2. The highest BCUT2D eigenvalue weighted by Crippen LogP contribution is 2.47. The third-order valence-electron chi connectivity index (χ3n) is 7.66. The fourth-order valence-corrected chi connectivity index (χ4v) is 5.87. The molecule has 0 bridgehead atoms. The van der Waals surface area contributed by atoms with E-state index in [2.05, 4.69) is 21.9 Å². The highest BCUT2D eigenvalue weighted by molar-refractivity contribution is 5.84. The normalized spacial score (nSPS) is 20.9. The zero-order chi connectivity index (χ0) is 22.0. The Morgan fingerprint density at radius 1 is 1.12 bits per heavy atom. The van der Waals surface area contributed by atoms with Crippen molar-refractivity contribution in [2.24, 2.45) is 0 Å². The molecule has 32 heavy (non-hydrogen) atoms. The number of rotatable bonds is 3. The Morgan fingerprint density at radius 3 is 2.72 bits per heavy atom. The summed E-state index contributed by atoms with van der Waals surface area (Å²) in [6.45, 7) is 8.43. The van der Waals surface area contributed by atoms with Crippen molar-refractivity contribution in [3.63, 3.8) is 0 Å². The summed E-state index contributed by atoms with van der Waals surface area (Å²) >= 11 is 0. The van der Waals surface area contributed by atoms with E-state index in [1.165, 1.54) is 19.3 Å². The van der Waals surface area contributed by atoms with Gasteiger partial charge in [0.15, 0.2) is 11.5 Å². The Labute approximate surface area is 187 Å². The number of aromatic nitrogens is 5. The molecule has 0 radical (unpaired) electrons. The lowest BCUT2D eigenvalue weighted by molar-refractivity contribution is -0.0330. The quantitative estimate of drug-likeness (QED) is 0.453. The molecule has 1 aliphatic carbocycles. The van der Waals surface area contributed by atoms with E-state index in [0.717, 1.165) is 59.5 Å². The van der Waals surface area contributed by atoms with Gasteiger partial charge in [0.05, 0.1) is 23.6 Å². The van der Waals surface area contributed by atoms with Gasteiger partial charge in [-0.2, -0.15) is 10.2 Å². The van der Waals surface area contributed by atoms with Crippen molar-refractivity contribution in [3.8, 4) is 11.3 Å². The monoisotopic (exact) mass is 432 g/mol. The Balaban J connectivity index is 1.37. The van der Waals surface area contributed by atoms with Crippen LogP contribution >= 0.6 is 0 Å². The molecule has 7 heteroatoms. The van der Waals surface area contributed by atoms with Crippen LogP contribution < -0.4 is 0 Å². The molecule has 1 aromatic carbocycles. The molecular weight excluding hydrogens is 403 g/mol. The predicted octanol–water partition coefficient (Wildman–Crippen LogP) is 5.08. The van der Waals surface area contributed by atoms with E-state index in [1.807, 2.05) is 43.1 Å². The Kier molecular flexibility index (Phi) is 4.41. The van der Waals surface area contributed by atoms with Crippen molar-refractivity contribution in [1.29, 1.82) is 0 Å². The van der Waals surface area contributed by atoms with Crippen LogP contribution in [0.5, 0.6) is 0 Å². The van der Waals surface area contributed by atoms with Crippen LogP contribution in [-0.4, -0.2) is 47.9 Å². The van der Waals surface area contributed by atoms with Crippen molar-refractivity contribution < 1.29 is 4.39 Å². The molecule has 0 amide bonds. The maximum Gasteiger partial charge on any atom is 0.156 e. The van der Waals surface area contributed by atoms with E-state index in [0.29, 0.717) is 17.1 Å². The molecule has 3 aromatic heterocycles. The molecule has 4 aromatic rings. The predicted molar refractivity (Wildman–Crippen MR) is 123 cm³/mol. The molecular formula is C25H29FN6. The summed E-state index contributed by atoms with van der Waals surface area (Å²) in [6, 6.07) is 5.89. The molecule has 1 atom stereocenters. The first-order valence-electron chi connectivity index (χ1n) is 11.7. The summed E-state index contributed by atoms with van der Waals surface area (Å²) in [5.41, 5.74) is 5.06. The van der Waals surface area contributed by atoms with Crippen molar-refractivity contribution in [2.45, 2.75) is 64.5 Å². The van der Waals surface area contributed by atoms with Crippen molar-refractivity contribution in [3.05, 3.63) is 47.7 Å². The number of piperidine rings is 1. The van der Waals surface area contributed by atoms with Crippen LogP contribution in [-0.2, 0) is 0 Å². The Morgan fingerprint density at radius 2 is 1.97 bits per heavy atom. The van der Waals surface area contributed by atoms with Crippen LogP contribution in [0.3, 0.4) is 0 Å². The van der Waals surface area contributed by atoms with E-state index >= 15 is 4.39 Å². The molecule has 1 unspecified atom stereocenters. The van der Waals surface area contributed by atoms with Gasteiger partial charge in [0.1, 0.15) is 5.52 Å². The maximum absolute atomic E-state index is 15.1. The third kappa shape index (κ3) is 2.98. The van der Waals surface area contributed by atoms with Gasteiger partial charge >= 0.3 is 0 Å². The van der Waals surface area contributed by atoms with Crippen LogP contribution in [0.4, 0.5) is 4.39 Å². The number of halogens is 1. The first kappa shape index (κ1) is 19.9. The first-order valence-corrected chi connectivity index (χ1v) is 11.7. The summed E-state index contributed by atoms with van der Waals surface area (Å²) < 4.78 is 19.0. The number of hydrogen-bond donors (Lipinski definition) is 0. The molecule has 2 fully saturated rings. The van der Waals surface area contributed by atoms with Gasteiger partial charge in [-0.25, -0.2) is 13.9 Å². The van der Waals surface area contributed by atoms with E-state index < -0.39 is 0 Å². The minimum atomic E-state index is -0.290. The standard InChI is InChI=1S/C25H29FN6/c1-4-30-9-6-20(13-25(30)7-5-8-25)31-15-19-11-18(12-21(26)23(19)29-31)22-10-16(2)24-27-17(3)14-32(24)28-22/h10-12,14-15,20H,4-9,13H2,1-3H3. The summed E-state index contributed by atoms with van der Waals surface area (Å²) in [4.78, 5) is 7.16. The average molecular weight is 433 g/mol. The second-order valence-electron chi connectivity index (χ2n) is 9.67. The van der Waals surface area contributed by atoms with Crippen LogP contribution in [0, 0.1) is 19.7 Å². The summed E-state index contributed by atoms with van der Waals surface area (Å²) in [6.07, 6.45) is 9.98. The molecule has 6 rings (SSSR count). The van der Waals surface area contributed by atoms with Crippen LogP contribution in [0.2, 0.25) is 0 Å². The molecule has 166 valence electrons. The lowest BCUT2D eigenvalue weighted by Gasteiger charge is -2.55. The number of benzene rings is 1. The lowest BCUT2D eigenvalue weighted by Crippen LogP contribution is -2.58. The summed E-state index contributed by atoms with van der Waals surface area (Å²) in [5.74, 6) is -0.290. The van der Waals surface area contributed by atoms with Gasteiger partial charge in [-0.3, -0.25) is 9.58 Å². The van der Waals surface area contributed by atoms with Gasteiger partial charge in [0.25, 0.3) is 0 Å². The van der Waals surface area contributed by atoms with Gasteiger partial charge in [0, 0.05) is 29.2 Å². The highest BCUT2D eigenvalue weighted by Gasteiger charge is 2.46. The van der Waals surface area contributed by atoms with Crippen LogP contribution in [0.1, 0.15) is 56.3 Å². The third-order valence-corrected chi connectivity index (χ3v) is 7.66. The minimum Gasteiger partial charge on any atom is -0.298 e. The zero-order valence-corrected chi connectivity index (χ0v) is 19.0. The number of nitrogens with zero attached hydrogens (tertiary/aromatic N) is 6. The van der Waals surface area contributed by atoms with Gasteiger partial charge in [0.2, 0.25) is 0 Å². The number of likely N-dealkylation sites (tertiary alicyclic amines) is 1. The van der Waals surface area contributed by atoms with Crippen molar-refractivity contribution >= 4 is 16.6 Å². The van der Waals surface area contributed by atoms with Gasteiger partial charge in [-0.05, 0) is 76.3 Å². The van der Waals surface area contributed by atoms with E-state index in [-0.39, 0.29) is 5.82 Å². The second-order valence-corrected chi connectivity index (χ2v) is 9.67. The molecule has 6 nitrogen and oxygen atoms in total. The number of imidazole rings is 1. The Bertz CT molecular complexity index is 1330. The van der Waals surface area contributed by atoms with E-state index in [1.54, 1.807) is 10.6 Å². The number of fused-ring (bicyclic) bond motifs is 2. The van der Waals surface area contributed by atoms with E-state index in [9.17, 15) is 0 Å². The SMILES string of the molecule is CCN1CCC(n2cc3cc(-c4cc(C)c5nc(C)cn5n4)cc(F)c3n2)CC12CCC2. The second kappa shape index (κ2) is 7.10. The summed E-state index contributed by atoms with van der Waals surface area (Å²) in [7, 11) is 0. The van der Waals surface area contributed by atoms with Crippen LogP contribution in [0.15, 0.2) is 30.6 Å². The Hall–Kier alpha value is -2.80. The highest BCUT2D eigenvalue weighted by atomic mass is 19.1. The average Bonchev–Trinajstić information content (AvgIpc) is 3.35. The smallest absolute Gasteiger partial charge is 0.156 e. The fraction of sp³-hybridized carbons (Fsp3) is 0.480. The molecule has 1 saturated heterocycles. The number of hydrogen-bond acceptors (Lipinski definition) is 4. The molecule has 4 heterocycles. The van der Waals surface area contributed by atoms with Crippen molar-refractivity contribution in [2.75, 3.05) is 13.1 Å². The molecule has 1 aliphatic heterocycles. The topological polar surface area (TPSA) is 51.2 Å². The van der Waals surface area contributed by atoms with Gasteiger partial charge in [-0.15, -0.1) is 0 Å². The van der Waals surface area contributed by atoms with Crippen LogP contribution in [0.25, 0.3) is 27.8 Å².